The van der Waals surface area contributed by atoms with E-state index in [-0.39, 0.29) is 0 Å². The summed E-state index contributed by atoms with van der Waals surface area (Å²) < 4.78 is 5.22. The largest absolute Gasteiger partial charge is 0.380 e. The van der Waals surface area contributed by atoms with Crippen LogP contribution in [0.1, 0.15) is 25.7 Å². The van der Waals surface area contributed by atoms with E-state index in [1.165, 1.54) is 0 Å². The molecule has 0 saturated carbocycles. The molecule has 0 radical (unpaired) electrons. The van der Waals surface area contributed by atoms with Gasteiger partial charge < -0.3 is 10.1 Å². The van der Waals surface area contributed by atoms with Crippen LogP contribution in [0.15, 0.2) is 0 Å². The average Bonchev–Trinajstić information content (AvgIpc) is 2.57. The molecule has 0 aromatic rings. The van der Waals surface area contributed by atoms with Crippen molar-refractivity contribution < 1.29 is 4.74 Å². The molecule has 1 N–H and O–H groups in total. The molecule has 0 aromatic heterocycles. The summed E-state index contributed by atoms with van der Waals surface area (Å²) in [4.78, 5) is 0. The van der Waals surface area contributed by atoms with Crippen LogP contribution in [0, 0.1) is 11.3 Å². The third-order valence-corrected chi connectivity index (χ3v) is 2.08. The molecular weight excluding hydrogens is 152 g/mol. The highest BCUT2D eigenvalue weighted by Gasteiger charge is 2.13. The Kier molecular flexibility index (Phi) is 4.74. The van der Waals surface area contributed by atoms with Crippen molar-refractivity contribution in [2.24, 2.45) is 0 Å². The van der Waals surface area contributed by atoms with Gasteiger partial charge in [-0.05, 0) is 25.8 Å². The van der Waals surface area contributed by atoms with Gasteiger partial charge in [0.05, 0.1) is 12.7 Å². The van der Waals surface area contributed by atoms with E-state index in [2.05, 4.69) is 11.4 Å². The third kappa shape index (κ3) is 3.70. The Morgan fingerprint density at radius 3 is 3.08 bits per heavy atom. The Bertz CT molecular complexity index is 147. The van der Waals surface area contributed by atoms with Gasteiger partial charge in [-0.15, -0.1) is 0 Å². The molecule has 1 rings (SSSR count). The molecule has 1 unspecified atom stereocenters. The fourth-order valence-corrected chi connectivity index (χ4v) is 1.33. The molecule has 1 fully saturated rings. The topological polar surface area (TPSA) is 45.0 Å². The van der Waals surface area contributed by atoms with Crippen molar-refractivity contribution in [1.29, 1.82) is 5.26 Å². The van der Waals surface area contributed by atoms with E-state index in [1.807, 2.05) is 0 Å². The van der Waals surface area contributed by atoms with Crippen LogP contribution < -0.4 is 5.32 Å². The summed E-state index contributed by atoms with van der Waals surface area (Å²) in [6, 6.07) is 2.71. The smallest absolute Gasteiger partial charge is 0.0621 e. The molecule has 1 heterocycles. The number of hydrogen-bond acceptors (Lipinski definition) is 3. The molecule has 0 aromatic carbocycles. The van der Waals surface area contributed by atoms with Gasteiger partial charge in [-0.1, -0.05) is 0 Å². The summed E-state index contributed by atoms with van der Waals surface area (Å²) >= 11 is 0. The second kappa shape index (κ2) is 5.99. The Morgan fingerprint density at radius 2 is 2.42 bits per heavy atom. The fourth-order valence-electron chi connectivity index (χ4n) is 1.33. The van der Waals surface area contributed by atoms with E-state index in [9.17, 15) is 0 Å². The van der Waals surface area contributed by atoms with Gasteiger partial charge >= 0.3 is 0 Å². The average molecular weight is 168 g/mol. The van der Waals surface area contributed by atoms with Gasteiger partial charge in [-0.25, -0.2) is 0 Å². The van der Waals surface area contributed by atoms with Crippen LogP contribution in [0.3, 0.4) is 0 Å². The molecule has 1 saturated heterocycles. The second-order valence-electron chi connectivity index (χ2n) is 3.13. The van der Waals surface area contributed by atoms with Crippen molar-refractivity contribution in [3.8, 4) is 6.07 Å². The maximum Gasteiger partial charge on any atom is 0.0621 e. The zero-order valence-corrected chi connectivity index (χ0v) is 7.38. The molecule has 3 heteroatoms. The molecule has 0 amide bonds. The van der Waals surface area contributed by atoms with Crippen LogP contribution >= 0.6 is 0 Å². The van der Waals surface area contributed by atoms with Crippen LogP contribution in [0.5, 0.6) is 0 Å². The molecule has 0 aliphatic carbocycles. The lowest BCUT2D eigenvalue weighted by atomic mass is 10.2. The lowest BCUT2D eigenvalue weighted by Gasteiger charge is -2.08. The minimum absolute atomic E-state index is 0.562. The Labute approximate surface area is 73.7 Å². The normalized spacial score (nSPS) is 22.4. The molecule has 68 valence electrons. The zero-order valence-electron chi connectivity index (χ0n) is 7.38. The first-order valence-electron chi connectivity index (χ1n) is 4.61. The summed E-state index contributed by atoms with van der Waals surface area (Å²) in [5, 5.41) is 11.7. The number of unbranched alkanes of at least 4 members (excludes halogenated alkanes) is 2. The van der Waals surface area contributed by atoms with Crippen molar-refractivity contribution in [2.45, 2.75) is 31.7 Å². The van der Waals surface area contributed by atoms with Crippen molar-refractivity contribution in [1.82, 2.24) is 5.32 Å². The van der Waals surface area contributed by atoms with Gasteiger partial charge in [0.25, 0.3) is 0 Å². The van der Waals surface area contributed by atoms with Crippen LogP contribution in [0.4, 0.5) is 0 Å². The van der Waals surface area contributed by atoms with Crippen LogP contribution in [-0.2, 0) is 4.74 Å². The van der Waals surface area contributed by atoms with Crippen molar-refractivity contribution in [3.63, 3.8) is 0 Å². The Balaban J connectivity index is 1.85. The van der Waals surface area contributed by atoms with Crippen molar-refractivity contribution in [3.05, 3.63) is 0 Å². The van der Waals surface area contributed by atoms with Crippen LogP contribution in [0.25, 0.3) is 0 Å². The molecule has 1 aliphatic heterocycles. The minimum atomic E-state index is 0.562. The van der Waals surface area contributed by atoms with Gasteiger partial charge in [-0.2, -0.15) is 5.26 Å². The van der Waals surface area contributed by atoms with Gasteiger partial charge in [-0.3, -0.25) is 0 Å². The minimum Gasteiger partial charge on any atom is -0.380 e. The van der Waals surface area contributed by atoms with E-state index in [0.717, 1.165) is 39.0 Å². The summed E-state index contributed by atoms with van der Waals surface area (Å²) in [6.45, 7) is 2.78. The predicted octanol–water partition coefficient (Wildman–Crippen LogP) is 1.06. The number of hydrogen-bond donors (Lipinski definition) is 1. The van der Waals surface area contributed by atoms with E-state index in [0.29, 0.717) is 12.5 Å². The molecule has 1 atom stereocenters. The van der Waals surface area contributed by atoms with Gasteiger partial charge in [0, 0.05) is 19.1 Å². The van der Waals surface area contributed by atoms with Crippen molar-refractivity contribution in [2.75, 3.05) is 19.8 Å². The van der Waals surface area contributed by atoms with Gasteiger partial charge in [0.15, 0.2) is 0 Å². The summed E-state index contributed by atoms with van der Waals surface area (Å²) in [7, 11) is 0. The highest BCUT2D eigenvalue weighted by molar-refractivity contribution is 4.72. The van der Waals surface area contributed by atoms with Crippen LogP contribution in [0.2, 0.25) is 0 Å². The highest BCUT2D eigenvalue weighted by atomic mass is 16.5. The number of nitriles is 1. The highest BCUT2D eigenvalue weighted by Crippen LogP contribution is 2.03. The first kappa shape index (κ1) is 9.50. The fraction of sp³-hybridized carbons (Fsp3) is 0.889. The standard InChI is InChI=1S/C9H16N2O/c10-5-2-1-3-6-11-9-4-7-12-8-9/h9,11H,1-4,6-8H2. The molecule has 12 heavy (non-hydrogen) atoms. The first-order valence-corrected chi connectivity index (χ1v) is 4.61. The molecule has 0 bridgehead atoms. The maximum absolute atomic E-state index is 8.29. The van der Waals surface area contributed by atoms with Gasteiger partial charge in [0.2, 0.25) is 0 Å². The quantitative estimate of drug-likeness (QED) is 0.624. The Hall–Kier alpha value is -0.590. The predicted molar refractivity (Wildman–Crippen MR) is 46.7 cm³/mol. The SMILES string of the molecule is N#CCCCCNC1CCOC1. The number of ether oxygens (including phenoxy) is 1. The molecular formula is C9H16N2O. The summed E-state index contributed by atoms with van der Waals surface area (Å²) in [5.41, 5.74) is 0. The maximum atomic E-state index is 8.29. The Morgan fingerprint density at radius 1 is 1.50 bits per heavy atom. The number of rotatable bonds is 5. The first-order chi connectivity index (χ1) is 5.93. The summed E-state index contributed by atoms with van der Waals surface area (Å²) in [6.07, 6.45) is 3.93. The van der Waals surface area contributed by atoms with Crippen LogP contribution in [-0.4, -0.2) is 25.8 Å². The lowest BCUT2D eigenvalue weighted by molar-refractivity contribution is 0.190. The lowest BCUT2D eigenvalue weighted by Crippen LogP contribution is -2.29. The number of nitrogens with one attached hydrogen (secondary N) is 1. The van der Waals surface area contributed by atoms with E-state index in [4.69, 9.17) is 10.00 Å². The monoisotopic (exact) mass is 168 g/mol. The van der Waals surface area contributed by atoms with E-state index < -0.39 is 0 Å². The molecule has 3 nitrogen and oxygen atoms in total. The molecule has 0 spiro atoms. The van der Waals surface area contributed by atoms with E-state index in [1.54, 1.807) is 0 Å². The molecule has 1 aliphatic rings. The van der Waals surface area contributed by atoms with Gasteiger partial charge in [0.1, 0.15) is 0 Å². The number of nitrogens with zero attached hydrogens (tertiary/aromatic N) is 1. The van der Waals surface area contributed by atoms with Crippen molar-refractivity contribution >= 4 is 0 Å². The zero-order chi connectivity index (χ0) is 8.65. The second-order valence-corrected chi connectivity index (χ2v) is 3.13. The van der Waals surface area contributed by atoms with E-state index >= 15 is 0 Å². The third-order valence-electron chi connectivity index (χ3n) is 2.08. The summed E-state index contributed by atoms with van der Waals surface area (Å²) in [5.74, 6) is 0.